The number of hydrogen-bond donors (Lipinski definition) is 7. The SMILES string of the molecule is NC(=O)CC(NC(=O)CNC(=O)C1CCCN1C(=O)C(N)CCCN=C(N)N)C(=O)O. The van der Waals surface area contributed by atoms with E-state index in [-0.39, 0.29) is 11.9 Å². The molecule has 0 radical (unpaired) electrons. The molecule has 14 heteroatoms. The highest BCUT2D eigenvalue weighted by Gasteiger charge is 2.36. The molecule has 0 saturated carbocycles. The fraction of sp³-hybridized carbons (Fsp3) is 0.647. The summed E-state index contributed by atoms with van der Waals surface area (Å²) in [6, 6.07) is -3.11. The molecule has 0 aromatic carbocycles. The van der Waals surface area contributed by atoms with E-state index in [1.165, 1.54) is 4.90 Å². The highest BCUT2D eigenvalue weighted by atomic mass is 16.4. The van der Waals surface area contributed by atoms with Crippen molar-refractivity contribution in [3.63, 3.8) is 0 Å². The van der Waals surface area contributed by atoms with Gasteiger partial charge in [0.15, 0.2) is 5.96 Å². The molecule has 0 aromatic rings. The Morgan fingerprint density at radius 1 is 1.16 bits per heavy atom. The molecule has 0 aromatic heterocycles. The normalized spacial score (nSPS) is 17.3. The van der Waals surface area contributed by atoms with Gasteiger partial charge in [0.1, 0.15) is 12.1 Å². The lowest BCUT2D eigenvalue weighted by Crippen LogP contribution is -2.53. The molecule has 1 heterocycles. The highest BCUT2D eigenvalue weighted by molar-refractivity contribution is 5.93. The average Bonchev–Trinajstić information content (AvgIpc) is 3.17. The van der Waals surface area contributed by atoms with E-state index in [9.17, 15) is 24.0 Å². The van der Waals surface area contributed by atoms with Crippen LogP contribution in [0.1, 0.15) is 32.1 Å². The number of amides is 4. The summed E-state index contributed by atoms with van der Waals surface area (Å²) in [6.45, 7) is 0.157. The standard InChI is InChI=1S/C17H30N8O6/c18-9(3-1-5-22-17(20)21)15(29)25-6-2-4-11(25)14(28)23-8-13(27)24-10(16(30)31)7-12(19)26/h9-11H,1-8,18H2,(H2,19,26)(H,23,28)(H,24,27)(H,30,31)(H4,20,21,22). The van der Waals surface area contributed by atoms with Crippen LogP contribution in [0.5, 0.6) is 0 Å². The Balaban J connectivity index is 2.55. The van der Waals surface area contributed by atoms with Crippen molar-refractivity contribution in [3.8, 4) is 0 Å². The zero-order valence-electron chi connectivity index (χ0n) is 17.1. The van der Waals surface area contributed by atoms with Crippen molar-refractivity contribution in [1.29, 1.82) is 0 Å². The smallest absolute Gasteiger partial charge is 0.326 e. The van der Waals surface area contributed by atoms with E-state index in [0.717, 1.165) is 0 Å². The first-order chi connectivity index (χ1) is 14.5. The van der Waals surface area contributed by atoms with E-state index in [4.69, 9.17) is 28.0 Å². The number of nitrogens with one attached hydrogen (secondary N) is 2. The summed E-state index contributed by atoms with van der Waals surface area (Å²) in [5.74, 6) is -4.14. The number of nitrogens with zero attached hydrogens (tertiary/aromatic N) is 2. The van der Waals surface area contributed by atoms with Gasteiger partial charge in [-0.05, 0) is 25.7 Å². The van der Waals surface area contributed by atoms with Crippen LogP contribution in [-0.4, -0.2) is 83.3 Å². The van der Waals surface area contributed by atoms with Gasteiger partial charge >= 0.3 is 5.97 Å². The van der Waals surface area contributed by atoms with E-state index in [1.807, 2.05) is 0 Å². The minimum atomic E-state index is -1.50. The molecule has 1 aliphatic rings. The van der Waals surface area contributed by atoms with Crippen molar-refractivity contribution in [2.75, 3.05) is 19.6 Å². The number of carbonyl (C=O) groups excluding carboxylic acids is 4. The topological polar surface area (TPSA) is 249 Å². The molecule has 1 rings (SSSR count). The summed E-state index contributed by atoms with van der Waals surface area (Å²) >= 11 is 0. The first-order valence-electron chi connectivity index (χ1n) is 9.72. The molecule has 1 saturated heterocycles. The van der Waals surface area contributed by atoms with Gasteiger partial charge in [-0.3, -0.25) is 24.2 Å². The second-order valence-corrected chi connectivity index (χ2v) is 7.09. The van der Waals surface area contributed by atoms with E-state index in [1.54, 1.807) is 0 Å². The average molecular weight is 442 g/mol. The number of carboxylic acids is 1. The lowest BCUT2D eigenvalue weighted by Gasteiger charge is -2.26. The van der Waals surface area contributed by atoms with Crippen LogP contribution in [0, 0.1) is 0 Å². The number of carbonyl (C=O) groups is 5. The summed E-state index contributed by atoms with van der Waals surface area (Å²) in [7, 11) is 0. The predicted molar refractivity (Wildman–Crippen MR) is 109 cm³/mol. The molecule has 0 spiro atoms. The Morgan fingerprint density at radius 3 is 2.42 bits per heavy atom. The van der Waals surface area contributed by atoms with Crippen LogP contribution in [0.4, 0.5) is 0 Å². The summed E-state index contributed by atoms with van der Waals surface area (Å²) in [5, 5.41) is 13.5. The summed E-state index contributed by atoms with van der Waals surface area (Å²) in [5.41, 5.74) is 21.3. The molecule has 31 heavy (non-hydrogen) atoms. The van der Waals surface area contributed by atoms with Crippen LogP contribution in [0.3, 0.4) is 0 Å². The number of nitrogens with two attached hydrogens (primary N) is 4. The third-order valence-corrected chi connectivity index (χ3v) is 4.59. The molecule has 0 bridgehead atoms. The van der Waals surface area contributed by atoms with Crippen LogP contribution < -0.4 is 33.6 Å². The molecule has 4 amide bonds. The van der Waals surface area contributed by atoms with Crippen LogP contribution in [-0.2, 0) is 24.0 Å². The van der Waals surface area contributed by atoms with Gasteiger partial charge in [0.05, 0.1) is 19.0 Å². The molecule has 3 atom stereocenters. The van der Waals surface area contributed by atoms with Gasteiger partial charge in [-0.25, -0.2) is 4.79 Å². The first kappa shape index (κ1) is 25.6. The quantitative estimate of drug-likeness (QED) is 0.0880. The first-order valence-corrected chi connectivity index (χ1v) is 9.72. The van der Waals surface area contributed by atoms with E-state index >= 15 is 0 Å². The minimum Gasteiger partial charge on any atom is -0.480 e. The van der Waals surface area contributed by atoms with E-state index < -0.39 is 54.8 Å². The molecule has 11 N–H and O–H groups in total. The maximum Gasteiger partial charge on any atom is 0.326 e. The fourth-order valence-corrected chi connectivity index (χ4v) is 3.09. The third-order valence-electron chi connectivity index (χ3n) is 4.59. The second kappa shape index (κ2) is 12.3. The Hall–Kier alpha value is -3.42. The third kappa shape index (κ3) is 8.86. The highest BCUT2D eigenvalue weighted by Crippen LogP contribution is 2.19. The van der Waals surface area contributed by atoms with Gasteiger partial charge < -0.3 is 43.6 Å². The minimum absolute atomic E-state index is 0.0514. The van der Waals surface area contributed by atoms with Crippen LogP contribution >= 0.6 is 0 Å². The molecule has 0 aliphatic carbocycles. The van der Waals surface area contributed by atoms with Crippen molar-refractivity contribution < 1.29 is 29.1 Å². The lowest BCUT2D eigenvalue weighted by molar-refractivity contribution is -0.143. The maximum absolute atomic E-state index is 12.6. The molecule has 1 fully saturated rings. The van der Waals surface area contributed by atoms with Gasteiger partial charge in [-0.15, -0.1) is 0 Å². The van der Waals surface area contributed by atoms with Gasteiger partial charge in [0, 0.05) is 13.1 Å². The Kier molecular flexibility index (Phi) is 10.2. The van der Waals surface area contributed by atoms with Crippen molar-refractivity contribution in [2.45, 2.75) is 50.2 Å². The number of primary amides is 1. The number of carboxylic acid groups (broad SMARTS) is 1. The molecular formula is C17H30N8O6. The fourth-order valence-electron chi connectivity index (χ4n) is 3.09. The lowest BCUT2D eigenvalue weighted by atomic mass is 10.1. The summed E-state index contributed by atoms with van der Waals surface area (Å²) in [6.07, 6.45) is 1.24. The van der Waals surface area contributed by atoms with Crippen molar-refractivity contribution in [1.82, 2.24) is 15.5 Å². The molecule has 3 unspecified atom stereocenters. The van der Waals surface area contributed by atoms with Gasteiger partial charge in [0.25, 0.3) is 0 Å². The van der Waals surface area contributed by atoms with E-state index in [0.29, 0.717) is 38.8 Å². The summed E-state index contributed by atoms with van der Waals surface area (Å²) in [4.78, 5) is 64.1. The Labute approximate surface area is 178 Å². The van der Waals surface area contributed by atoms with Crippen molar-refractivity contribution in [2.24, 2.45) is 27.9 Å². The van der Waals surface area contributed by atoms with Crippen molar-refractivity contribution in [3.05, 3.63) is 0 Å². The number of aliphatic imine (C=N–C) groups is 1. The Morgan fingerprint density at radius 2 is 1.84 bits per heavy atom. The van der Waals surface area contributed by atoms with E-state index in [2.05, 4.69) is 15.6 Å². The van der Waals surface area contributed by atoms with Gasteiger partial charge in [0.2, 0.25) is 23.6 Å². The molecule has 174 valence electrons. The zero-order valence-corrected chi connectivity index (χ0v) is 17.1. The number of hydrogen-bond acceptors (Lipinski definition) is 7. The van der Waals surface area contributed by atoms with Crippen molar-refractivity contribution >= 4 is 35.6 Å². The summed E-state index contributed by atoms with van der Waals surface area (Å²) < 4.78 is 0. The molecule has 14 nitrogen and oxygen atoms in total. The number of guanidine groups is 1. The van der Waals surface area contributed by atoms with Crippen LogP contribution in [0.2, 0.25) is 0 Å². The monoisotopic (exact) mass is 442 g/mol. The molecule has 1 aliphatic heterocycles. The predicted octanol–water partition coefficient (Wildman–Crippen LogP) is -4.08. The largest absolute Gasteiger partial charge is 0.480 e. The number of rotatable bonds is 12. The van der Waals surface area contributed by atoms with Gasteiger partial charge in [-0.1, -0.05) is 0 Å². The Bertz CT molecular complexity index is 723. The second-order valence-electron chi connectivity index (χ2n) is 7.09. The molecular weight excluding hydrogens is 412 g/mol. The van der Waals surface area contributed by atoms with Crippen LogP contribution in [0.15, 0.2) is 4.99 Å². The number of aliphatic carboxylic acids is 1. The maximum atomic E-state index is 12.6. The number of likely N-dealkylation sites (tertiary alicyclic amines) is 1. The van der Waals surface area contributed by atoms with Crippen LogP contribution in [0.25, 0.3) is 0 Å². The zero-order chi connectivity index (χ0) is 23.6. The van der Waals surface area contributed by atoms with Gasteiger partial charge in [-0.2, -0.15) is 0 Å².